The molecule has 0 radical (unpaired) electrons. The molecule has 0 aromatic carbocycles. The number of amides is 2. The van der Waals surface area contributed by atoms with Gasteiger partial charge in [-0.25, -0.2) is 4.79 Å². The average molecular weight is 340 g/mol. The molecule has 1 fully saturated rings. The smallest absolute Gasteiger partial charge is 0.314 e. The van der Waals surface area contributed by atoms with Crippen molar-refractivity contribution in [2.75, 3.05) is 32.8 Å². The summed E-state index contributed by atoms with van der Waals surface area (Å²) in [4.78, 5) is 15.8. The van der Waals surface area contributed by atoms with Gasteiger partial charge in [-0.1, -0.05) is 6.07 Å². The van der Waals surface area contributed by atoms with Crippen molar-refractivity contribution in [3.8, 4) is 0 Å². The molecular formula is C17H29N3O2S. The first kappa shape index (κ1) is 18.2. The number of carbonyl (C=O) groups is 1. The van der Waals surface area contributed by atoms with Crippen LogP contribution in [0, 0.1) is 0 Å². The summed E-state index contributed by atoms with van der Waals surface area (Å²) in [6.45, 7) is 8.27. The molecule has 1 aromatic heterocycles. The number of nitrogens with zero attached hydrogens (tertiary/aromatic N) is 1. The lowest BCUT2D eigenvalue weighted by molar-refractivity contribution is 0.0774. The van der Waals surface area contributed by atoms with Crippen LogP contribution in [-0.2, 0) is 4.74 Å². The summed E-state index contributed by atoms with van der Waals surface area (Å²) in [5.74, 6) is 0. The van der Waals surface area contributed by atoms with E-state index in [1.807, 2.05) is 13.8 Å². The molecule has 5 nitrogen and oxygen atoms in total. The average Bonchev–Trinajstić information content (AvgIpc) is 3.20. The minimum absolute atomic E-state index is 0.0877. The van der Waals surface area contributed by atoms with E-state index in [1.165, 1.54) is 17.7 Å². The minimum Gasteiger partial charge on any atom is -0.379 e. The summed E-state index contributed by atoms with van der Waals surface area (Å²) in [7, 11) is 0. The van der Waals surface area contributed by atoms with Gasteiger partial charge in [0, 0.05) is 24.6 Å². The number of rotatable bonds is 9. The highest BCUT2D eigenvalue weighted by Crippen LogP contribution is 2.27. The molecule has 2 amide bonds. The Kier molecular flexibility index (Phi) is 7.85. The molecule has 1 aromatic rings. The van der Waals surface area contributed by atoms with Crippen LogP contribution in [-0.4, -0.2) is 49.8 Å². The Hall–Kier alpha value is -1.11. The zero-order chi connectivity index (χ0) is 16.5. The van der Waals surface area contributed by atoms with Crippen molar-refractivity contribution in [3.63, 3.8) is 0 Å². The van der Waals surface area contributed by atoms with Crippen molar-refractivity contribution >= 4 is 17.4 Å². The van der Waals surface area contributed by atoms with Gasteiger partial charge >= 0.3 is 6.03 Å². The van der Waals surface area contributed by atoms with Gasteiger partial charge in [0.25, 0.3) is 0 Å². The molecule has 6 heteroatoms. The molecule has 1 aliphatic heterocycles. The molecule has 1 unspecified atom stereocenters. The van der Waals surface area contributed by atoms with E-state index in [2.05, 4.69) is 33.0 Å². The number of carbonyl (C=O) groups excluding carboxylic acids is 1. The Balaban J connectivity index is 1.70. The molecule has 1 aliphatic rings. The number of thiophene rings is 1. The second-order valence-electron chi connectivity index (χ2n) is 6.18. The van der Waals surface area contributed by atoms with Crippen LogP contribution in [0.1, 0.15) is 44.0 Å². The number of hydrogen-bond donors (Lipinski definition) is 2. The predicted octanol–water partition coefficient (Wildman–Crippen LogP) is 3.00. The van der Waals surface area contributed by atoms with Gasteiger partial charge in [-0.3, -0.25) is 4.90 Å². The summed E-state index contributed by atoms with van der Waals surface area (Å²) in [6.07, 6.45) is 3.59. The van der Waals surface area contributed by atoms with Crippen LogP contribution in [0.4, 0.5) is 4.79 Å². The lowest BCUT2D eigenvalue weighted by Gasteiger charge is -2.26. The zero-order valence-corrected chi connectivity index (χ0v) is 15.0. The minimum atomic E-state index is -0.0877. The number of nitrogens with one attached hydrogen (secondary N) is 2. The topological polar surface area (TPSA) is 53.6 Å². The molecule has 0 bridgehead atoms. The molecule has 1 saturated heterocycles. The monoisotopic (exact) mass is 339 g/mol. The van der Waals surface area contributed by atoms with Crippen molar-refractivity contribution in [3.05, 3.63) is 22.4 Å². The first-order valence-corrected chi connectivity index (χ1v) is 9.45. The molecular weight excluding hydrogens is 310 g/mol. The molecule has 2 heterocycles. The quantitative estimate of drug-likeness (QED) is 0.680. The highest BCUT2D eigenvalue weighted by atomic mass is 32.1. The molecule has 0 saturated carbocycles. The Morgan fingerprint density at radius 1 is 1.35 bits per heavy atom. The Labute approximate surface area is 143 Å². The van der Waals surface area contributed by atoms with Gasteiger partial charge in [0.15, 0.2) is 0 Å². The Morgan fingerprint density at radius 2 is 2.13 bits per heavy atom. The van der Waals surface area contributed by atoms with E-state index in [-0.39, 0.29) is 12.1 Å². The highest BCUT2D eigenvalue weighted by Gasteiger charge is 2.24. The number of ether oxygens (including phenoxy) is 1. The number of hydrogen-bond acceptors (Lipinski definition) is 4. The number of urea groups is 1. The van der Waals surface area contributed by atoms with E-state index in [4.69, 9.17) is 4.74 Å². The first-order valence-electron chi connectivity index (χ1n) is 8.57. The third kappa shape index (κ3) is 6.49. The fraction of sp³-hybridized carbons (Fsp3) is 0.706. The fourth-order valence-electron chi connectivity index (χ4n) is 2.79. The lowest BCUT2D eigenvalue weighted by atomic mass is 10.2. The van der Waals surface area contributed by atoms with Crippen molar-refractivity contribution in [2.45, 2.75) is 45.3 Å². The van der Waals surface area contributed by atoms with Gasteiger partial charge in [0.1, 0.15) is 0 Å². The third-order valence-corrected chi connectivity index (χ3v) is 4.94. The molecule has 23 heavy (non-hydrogen) atoms. The molecule has 1 atom stereocenters. The summed E-state index contributed by atoms with van der Waals surface area (Å²) in [5.41, 5.74) is 0. The van der Waals surface area contributed by atoms with Crippen molar-refractivity contribution in [1.82, 2.24) is 15.5 Å². The molecule has 2 N–H and O–H groups in total. The summed E-state index contributed by atoms with van der Waals surface area (Å²) < 4.78 is 5.46. The van der Waals surface area contributed by atoms with Gasteiger partial charge in [0.05, 0.1) is 12.1 Å². The Morgan fingerprint density at radius 3 is 2.78 bits per heavy atom. The zero-order valence-electron chi connectivity index (χ0n) is 14.2. The van der Waals surface area contributed by atoms with E-state index >= 15 is 0 Å². The molecule has 130 valence electrons. The van der Waals surface area contributed by atoms with Crippen LogP contribution in [0.2, 0.25) is 0 Å². The van der Waals surface area contributed by atoms with E-state index in [1.54, 1.807) is 11.3 Å². The second kappa shape index (κ2) is 9.90. The first-order chi connectivity index (χ1) is 11.2. The van der Waals surface area contributed by atoms with Crippen molar-refractivity contribution in [1.29, 1.82) is 0 Å². The van der Waals surface area contributed by atoms with Crippen LogP contribution in [0.15, 0.2) is 17.5 Å². The van der Waals surface area contributed by atoms with Gasteiger partial charge in [-0.2, -0.15) is 0 Å². The largest absolute Gasteiger partial charge is 0.379 e. The third-order valence-electron chi connectivity index (χ3n) is 3.97. The van der Waals surface area contributed by atoms with Crippen LogP contribution >= 0.6 is 11.3 Å². The standard InChI is InChI=1S/C17H29N3O2S/c1-14(2)22-11-6-8-18-17(21)19-13-15(16-7-5-12-23-16)20-9-3-4-10-20/h5,7,12,14-15H,3-4,6,8-11,13H2,1-2H3,(H2,18,19,21). The van der Waals surface area contributed by atoms with Crippen LogP contribution in [0.3, 0.4) is 0 Å². The number of likely N-dealkylation sites (tertiary alicyclic amines) is 1. The summed E-state index contributed by atoms with van der Waals surface area (Å²) >= 11 is 1.77. The van der Waals surface area contributed by atoms with E-state index in [9.17, 15) is 4.79 Å². The van der Waals surface area contributed by atoms with Gasteiger partial charge in [-0.05, 0) is 57.6 Å². The Bertz CT molecular complexity index is 445. The normalized spacial score (nSPS) is 16.7. The SMILES string of the molecule is CC(C)OCCCNC(=O)NCC(c1cccs1)N1CCCC1. The van der Waals surface area contributed by atoms with Crippen molar-refractivity contribution < 1.29 is 9.53 Å². The van der Waals surface area contributed by atoms with Crippen molar-refractivity contribution in [2.24, 2.45) is 0 Å². The van der Waals surface area contributed by atoms with E-state index in [0.717, 1.165) is 19.5 Å². The predicted molar refractivity (Wildman–Crippen MR) is 95.0 cm³/mol. The summed E-state index contributed by atoms with van der Waals surface area (Å²) in [5, 5.41) is 8.03. The maximum atomic E-state index is 12.0. The van der Waals surface area contributed by atoms with Crippen LogP contribution in [0.25, 0.3) is 0 Å². The molecule has 2 rings (SSSR count). The van der Waals surface area contributed by atoms with Crippen LogP contribution < -0.4 is 10.6 Å². The lowest BCUT2D eigenvalue weighted by Crippen LogP contribution is -2.41. The van der Waals surface area contributed by atoms with Gasteiger partial charge in [0.2, 0.25) is 0 Å². The van der Waals surface area contributed by atoms with Crippen LogP contribution in [0.5, 0.6) is 0 Å². The molecule has 0 spiro atoms. The summed E-state index contributed by atoms with van der Waals surface area (Å²) in [6, 6.07) is 4.46. The van der Waals surface area contributed by atoms with Gasteiger partial charge < -0.3 is 15.4 Å². The molecule has 0 aliphatic carbocycles. The maximum Gasteiger partial charge on any atom is 0.314 e. The highest BCUT2D eigenvalue weighted by molar-refractivity contribution is 7.10. The van der Waals surface area contributed by atoms with E-state index in [0.29, 0.717) is 25.7 Å². The second-order valence-corrected chi connectivity index (χ2v) is 7.16. The van der Waals surface area contributed by atoms with Gasteiger partial charge in [-0.15, -0.1) is 11.3 Å². The van der Waals surface area contributed by atoms with E-state index < -0.39 is 0 Å². The maximum absolute atomic E-state index is 12.0. The fourth-order valence-corrected chi connectivity index (χ4v) is 3.65.